The molecule has 0 aliphatic carbocycles. The molecule has 0 spiro atoms. The van der Waals surface area contributed by atoms with E-state index >= 15 is 0 Å². The number of benzene rings is 1. The number of hydrogen-bond donors (Lipinski definition) is 0. The molecule has 11 heavy (non-hydrogen) atoms. The van der Waals surface area contributed by atoms with Gasteiger partial charge in [-0.3, -0.25) is 0 Å². The van der Waals surface area contributed by atoms with Crippen molar-refractivity contribution in [3.05, 3.63) is 30.3 Å². The lowest BCUT2D eigenvalue weighted by molar-refractivity contribution is 0.469. The zero-order valence-electron chi connectivity index (χ0n) is 6.65. The predicted octanol–water partition coefficient (Wildman–Crippen LogP) is 1.98. The summed E-state index contributed by atoms with van der Waals surface area (Å²) in [6.07, 6.45) is -1.69. The van der Waals surface area contributed by atoms with E-state index in [2.05, 4.69) is 0 Å². The summed E-state index contributed by atoms with van der Waals surface area (Å²) >= 11 is 5.30. The smallest absolute Gasteiger partial charge is 0.0914 e. The van der Waals surface area contributed by atoms with Gasteiger partial charge < -0.3 is 4.52 Å². The average Bonchev–Trinajstić information content (AvgIpc) is 2.06. The Bertz CT molecular complexity index is 271. The van der Waals surface area contributed by atoms with Gasteiger partial charge in [-0.2, -0.15) is 0 Å². The lowest BCUT2D eigenvalue weighted by Gasteiger charge is -2.13. The Morgan fingerprint density at radius 1 is 1.27 bits per heavy atom. The molecule has 0 unspecified atom stereocenters. The highest BCUT2D eigenvalue weighted by Crippen LogP contribution is 2.39. The van der Waals surface area contributed by atoms with E-state index in [4.69, 9.17) is 16.3 Å². The maximum Gasteiger partial charge on any atom is 0.0914 e. The van der Waals surface area contributed by atoms with Gasteiger partial charge in [-0.25, -0.2) is 0 Å². The Balaban J connectivity index is 3.03. The van der Waals surface area contributed by atoms with Gasteiger partial charge in [0, 0.05) is 12.4 Å². The van der Waals surface area contributed by atoms with Gasteiger partial charge in [0.25, 0.3) is 0 Å². The first-order valence-corrected chi connectivity index (χ1v) is 6.52. The van der Waals surface area contributed by atoms with Crippen molar-refractivity contribution in [2.45, 2.75) is 0 Å². The van der Waals surface area contributed by atoms with Gasteiger partial charge in [-0.05, 0) is 6.66 Å². The maximum absolute atomic E-state index is 5.30. The van der Waals surface area contributed by atoms with E-state index in [1.807, 2.05) is 37.0 Å². The van der Waals surface area contributed by atoms with Crippen molar-refractivity contribution >= 4 is 23.4 Å². The van der Waals surface area contributed by atoms with Gasteiger partial charge in [-0.1, -0.05) is 42.1 Å². The molecule has 0 amide bonds. The number of hydrogen-bond acceptors (Lipinski definition) is 2. The van der Waals surface area contributed by atoms with Gasteiger partial charge in [-0.15, -0.1) is 0 Å². The van der Waals surface area contributed by atoms with Crippen LogP contribution in [-0.4, -0.2) is 13.8 Å². The van der Waals surface area contributed by atoms with Gasteiger partial charge in [0.2, 0.25) is 0 Å². The van der Waals surface area contributed by atoms with Crippen molar-refractivity contribution < 1.29 is 4.52 Å². The largest absolute Gasteiger partial charge is 0.350 e. The molecule has 0 aromatic heterocycles. The van der Waals surface area contributed by atoms with E-state index in [0.717, 1.165) is 5.30 Å². The summed E-state index contributed by atoms with van der Waals surface area (Å²) in [7, 11) is 1.67. The summed E-state index contributed by atoms with van der Waals surface area (Å²) in [4.78, 5) is 0. The normalized spacial score (nSPS) is 15.8. The molecule has 0 N–H and O–H groups in total. The first kappa shape index (κ1) is 8.92. The third kappa shape index (κ3) is 2.13. The zero-order chi connectivity index (χ0) is 8.32. The van der Waals surface area contributed by atoms with Crippen LogP contribution in [0.5, 0.6) is 0 Å². The summed E-state index contributed by atoms with van der Waals surface area (Å²) in [5, 5.41) is 1.14. The quantitative estimate of drug-likeness (QED) is 0.653. The molecule has 0 saturated heterocycles. The lowest BCUT2D eigenvalue weighted by atomic mass is 10.4. The second-order valence-corrected chi connectivity index (χ2v) is 7.03. The standard InChI is InChI=1S/C8H11OPS/c1-9-10(2,11)8-6-4-3-5-7-8/h3-7H,1-2H3/t10-/m0/s1. The van der Waals surface area contributed by atoms with Crippen molar-refractivity contribution in [1.29, 1.82) is 0 Å². The highest BCUT2D eigenvalue weighted by atomic mass is 32.4. The highest BCUT2D eigenvalue weighted by Gasteiger charge is 2.09. The summed E-state index contributed by atoms with van der Waals surface area (Å²) in [5.74, 6) is 0. The monoisotopic (exact) mass is 186 g/mol. The van der Waals surface area contributed by atoms with E-state index in [1.165, 1.54) is 0 Å². The Morgan fingerprint density at radius 3 is 2.27 bits per heavy atom. The molecule has 0 heterocycles. The van der Waals surface area contributed by atoms with Crippen LogP contribution in [-0.2, 0) is 16.3 Å². The lowest BCUT2D eigenvalue weighted by Crippen LogP contribution is -2.02. The van der Waals surface area contributed by atoms with E-state index in [9.17, 15) is 0 Å². The molecule has 0 aliphatic heterocycles. The van der Waals surface area contributed by atoms with Crippen molar-refractivity contribution in [2.75, 3.05) is 13.8 Å². The van der Waals surface area contributed by atoms with Crippen LogP contribution in [0.2, 0.25) is 0 Å². The molecule has 1 nitrogen and oxygen atoms in total. The first-order chi connectivity index (χ1) is 5.17. The maximum atomic E-state index is 5.30. The van der Waals surface area contributed by atoms with Crippen LogP contribution >= 0.6 is 6.26 Å². The van der Waals surface area contributed by atoms with Gasteiger partial charge in [0.15, 0.2) is 0 Å². The van der Waals surface area contributed by atoms with Crippen molar-refractivity contribution in [1.82, 2.24) is 0 Å². The van der Waals surface area contributed by atoms with Crippen LogP contribution in [0.25, 0.3) is 0 Å². The fourth-order valence-electron chi connectivity index (χ4n) is 0.804. The van der Waals surface area contributed by atoms with Crippen molar-refractivity contribution in [2.24, 2.45) is 0 Å². The second-order valence-electron chi connectivity index (χ2n) is 2.36. The third-order valence-electron chi connectivity index (χ3n) is 1.57. The summed E-state index contributed by atoms with van der Waals surface area (Å²) in [6, 6.07) is 9.99. The molecule has 1 aromatic carbocycles. The van der Waals surface area contributed by atoms with Gasteiger partial charge >= 0.3 is 0 Å². The van der Waals surface area contributed by atoms with Crippen LogP contribution in [0.15, 0.2) is 30.3 Å². The molecular weight excluding hydrogens is 175 g/mol. The molecule has 0 radical (unpaired) electrons. The van der Waals surface area contributed by atoms with E-state index in [-0.39, 0.29) is 0 Å². The second kappa shape index (κ2) is 3.48. The molecular formula is C8H11OPS. The van der Waals surface area contributed by atoms with E-state index in [0.29, 0.717) is 0 Å². The Hall–Kier alpha value is -0.170. The Morgan fingerprint density at radius 2 is 1.82 bits per heavy atom. The molecule has 60 valence electrons. The fourth-order valence-corrected chi connectivity index (χ4v) is 2.09. The Kier molecular flexibility index (Phi) is 2.83. The van der Waals surface area contributed by atoms with Crippen molar-refractivity contribution in [3.63, 3.8) is 0 Å². The molecule has 0 bridgehead atoms. The highest BCUT2D eigenvalue weighted by molar-refractivity contribution is 8.15. The zero-order valence-corrected chi connectivity index (χ0v) is 8.36. The topological polar surface area (TPSA) is 9.23 Å². The van der Waals surface area contributed by atoms with Crippen LogP contribution in [0.3, 0.4) is 0 Å². The molecule has 1 rings (SSSR count). The van der Waals surface area contributed by atoms with Crippen molar-refractivity contribution in [3.8, 4) is 0 Å². The van der Waals surface area contributed by atoms with Crippen LogP contribution in [0.4, 0.5) is 0 Å². The molecule has 1 aromatic rings. The van der Waals surface area contributed by atoms with E-state index in [1.54, 1.807) is 7.11 Å². The molecule has 0 fully saturated rings. The van der Waals surface area contributed by atoms with Gasteiger partial charge in [0.1, 0.15) is 0 Å². The number of rotatable bonds is 2. The summed E-state index contributed by atoms with van der Waals surface area (Å²) in [6.45, 7) is 1.98. The minimum atomic E-state index is -1.69. The fraction of sp³-hybridized carbons (Fsp3) is 0.250. The average molecular weight is 186 g/mol. The van der Waals surface area contributed by atoms with Crippen LogP contribution in [0, 0.1) is 0 Å². The predicted molar refractivity (Wildman–Crippen MR) is 53.3 cm³/mol. The Labute approximate surface area is 72.5 Å². The minimum Gasteiger partial charge on any atom is -0.350 e. The SMILES string of the molecule is CO[P@@](C)(=S)c1ccccc1. The third-order valence-corrected chi connectivity index (χ3v) is 4.59. The molecule has 0 aliphatic rings. The summed E-state index contributed by atoms with van der Waals surface area (Å²) in [5.41, 5.74) is 0. The first-order valence-electron chi connectivity index (χ1n) is 3.35. The summed E-state index contributed by atoms with van der Waals surface area (Å²) < 4.78 is 5.25. The molecule has 3 heteroatoms. The molecule has 1 atom stereocenters. The van der Waals surface area contributed by atoms with Crippen LogP contribution < -0.4 is 5.30 Å². The van der Waals surface area contributed by atoms with Crippen LogP contribution in [0.1, 0.15) is 0 Å². The van der Waals surface area contributed by atoms with Gasteiger partial charge in [0.05, 0.1) is 6.26 Å². The van der Waals surface area contributed by atoms with E-state index < -0.39 is 6.26 Å². The molecule has 0 saturated carbocycles. The minimum absolute atomic E-state index is 1.14.